The van der Waals surface area contributed by atoms with E-state index in [9.17, 15) is 29.4 Å². The van der Waals surface area contributed by atoms with E-state index >= 15 is 0 Å². The number of allylic oxidation sites excluding steroid dienone is 1. The van der Waals surface area contributed by atoms with E-state index in [1.54, 1.807) is 6.08 Å². The topological polar surface area (TPSA) is 136 Å². The second-order valence-electron chi connectivity index (χ2n) is 14.6. The molecule has 3 aliphatic carbocycles. The van der Waals surface area contributed by atoms with Gasteiger partial charge in [0.25, 0.3) is 0 Å². The molecule has 270 valence electrons. The molecule has 1 saturated carbocycles. The third-order valence-corrected chi connectivity index (χ3v) is 11.6. The number of carboxylic acid groups (broad SMARTS) is 2. The van der Waals surface area contributed by atoms with Gasteiger partial charge >= 0.3 is 11.9 Å². The number of fused-ring (bicyclic) bond motifs is 7. The number of carboxylic acids is 2. The Morgan fingerprint density at radius 1 is 0.774 bits per heavy atom. The second-order valence-corrected chi connectivity index (χ2v) is 14.6. The molecule has 2 atom stereocenters. The lowest BCUT2D eigenvalue weighted by Gasteiger charge is -2.35. The van der Waals surface area contributed by atoms with Crippen LogP contribution in [-0.4, -0.2) is 52.8 Å². The zero-order valence-corrected chi connectivity index (χ0v) is 30.0. The number of Topliss-reactive ketones (excluding diaryl/α,β-unsaturated/α-hetero) is 2. The van der Waals surface area contributed by atoms with Gasteiger partial charge in [-0.05, 0) is 115 Å². The van der Waals surface area contributed by atoms with Crippen LogP contribution in [0.5, 0.6) is 0 Å². The summed E-state index contributed by atoms with van der Waals surface area (Å²) in [6.45, 7) is 6.25. The highest BCUT2D eigenvalue weighted by Crippen LogP contribution is 2.54. The van der Waals surface area contributed by atoms with Gasteiger partial charge in [-0.15, -0.1) is 0 Å². The Morgan fingerprint density at radius 2 is 1.42 bits per heavy atom. The molecule has 0 spiro atoms. The van der Waals surface area contributed by atoms with Crippen LogP contribution in [0.1, 0.15) is 128 Å². The molecular weight excluding hydrogens is 666 g/mol. The van der Waals surface area contributed by atoms with Gasteiger partial charge in [0.15, 0.2) is 11.6 Å². The van der Waals surface area contributed by atoms with E-state index in [-0.39, 0.29) is 28.7 Å². The number of benzene rings is 4. The fourth-order valence-corrected chi connectivity index (χ4v) is 9.09. The number of unbranched alkanes of at least 4 members (excludes halogenated alkanes) is 2. The van der Waals surface area contributed by atoms with Crippen LogP contribution in [0.3, 0.4) is 0 Å². The quantitative estimate of drug-likeness (QED) is 0.0496. The van der Waals surface area contributed by atoms with E-state index in [2.05, 4.69) is 84.0 Å². The standard InChI is InChI=1S/C44H43N3O6/c1-3-5-18-45-44(46-19-6-4-2)36-12-8-7-10-27(36)29-22-26(15-16-37(29)44)47-38-13-9-11-28(38)30-20-25(14-17-39(30)47)21-35-40(48)31-23-33(42(50)51)34(43(52)53)24-32(31)41(35)49/h7-8,10,12,14-17,20-24,28,38,45-46H,3-6,9,11,13,18-19H2,1-2H3,(H,50,51)(H,52,53). The molecule has 4 aromatic carbocycles. The Kier molecular flexibility index (Phi) is 8.87. The number of anilines is 2. The van der Waals surface area contributed by atoms with Gasteiger partial charge in [-0.1, -0.05) is 69.5 Å². The highest BCUT2D eigenvalue weighted by atomic mass is 16.4. The third kappa shape index (κ3) is 5.52. The van der Waals surface area contributed by atoms with Crippen molar-refractivity contribution in [2.24, 2.45) is 0 Å². The minimum atomic E-state index is -1.48. The summed E-state index contributed by atoms with van der Waals surface area (Å²) in [6.07, 6.45) is 9.15. The summed E-state index contributed by atoms with van der Waals surface area (Å²) in [5.41, 5.74) is 7.31. The summed E-state index contributed by atoms with van der Waals surface area (Å²) in [5.74, 6) is -3.87. The van der Waals surface area contributed by atoms with Crippen LogP contribution < -0.4 is 15.5 Å². The Morgan fingerprint density at radius 3 is 2.06 bits per heavy atom. The average Bonchev–Trinajstić information content (AvgIpc) is 3.88. The lowest BCUT2D eigenvalue weighted by molar-refractivity contribution is 0.0651. The Hall–Kier alpha value is -5.38. The van der Waals surface area contributed by atoms with E-state index < -0.39 is 40.3 Å². The van der Waals surface area contributed by atoms with Crippen molar-refractivity contribution in [3.8, 4) is 11.1 Å². The molecule has 9 heteroatoms. The molecule has 1 aliphatic heterocycles. The SMILES string of the molecule is CCCCNC1(NCCCC)c2ccccc2-c2cc(N3c4ccc(C=C5C(=O)c6cc(C(=O)O)c(C(=O)O)cc6C5=O)cc4C4CCCC43)ccc21. The number of rotatable bonds is 12. The Labute approximate surface area is 308 Å². The summed E-state index contributed by atoms with van der Waals surface area (Å²) in [6, 6.07) is 24.0. The first-order valence-corrected chi connectivity index (χ1v) is 18.8. The maximum Gasteiger partial charge on any atom is 0.336 e. The molecule has 9 nitrogen and oxygen atoms in total. The highest BCUT2D eigenvalue weighted by molar-refractivity contribution is 6.41. The molecule has 8 rings (SSSR count). The average molecular weight is 710 g/mol. The molecule has 0 saturated heterocycles. The maximum absolute atomic E-state index is 13.4. The maximum atomic E-state index is 13.4. The third-order valence-electron chi connectivity index (χ3n) is 11.6. The zero-order chi connectivity index (χ0) is 37.0. The van der Waals surface area contributed by atoms with Crippen molar-refractivity contribution >= 4 is 41.0 Å². The predicted octanol–water partition coefficient (Wildman–Crippen LogP) is 8.29. The summed E-state index contributed by atoms with van der Waals surface area (Å²) >= 11 is 0. The molecular formula is C44H43N3O6. The molecule has 4 N–H and O–H groups in total. The Balaban J connectivity index is 1.16. The van der Waals surface area contributed by atoms with Gasteiger partial charge < -0.3 is 15.1 Å². The van der Waals surface area contributed by atoms with E-state index in [1.807, 2.05) is 6.07 Å². The molecule has 53 heavy (non-hydrogen) atoms. The second kappa shape index (κ2) is 13.5. The van der Waals surface area contributed by atoms with Crippen LogP contribution in [0.25, 0.3) is 17.2 Å². The van der Waals surface area contributed by atoms with Crippen molar-refractivity contribution in [3.63, 3.8) is 0 Å². The summed E-state index contributed by atoms with van der Waals surface area (Å²) in [4.78, 5) is 52.9. The van der Waals surface area contributed by atoms with Gasteiger partial charge in [-0.25, -0.2) is 9.59 Å². The summed E-state index contributed by atoms with van der Waals surface area (Å²) in [7, 11) is 0. The van der Waals surface area contributed by atoms with Crippen LogP contribution in [0.2, 0.25) is 0 Å². The molecule has 1 heterocycles. The molecule has 4 aromatic rings. The summed E-state index contributed by atoms with van der Waals surface area (Å²) < 4.78 is 0. The van der Waals surface area contributed by atoms with Gasteiger partial charge in [0.2, 0.25) is 0 Å². The monoisotopic (exact) mass is 709 g/mol. The number of carbonyl (C=O) groups excluding carboxylic acids is 2. The largest absolute Gasteiger partial charge is 0.478 e. The number of carbonyl (C=O) groups is 4. The first-order valence-electron chi connectivity index (χ1n) is 18.8. The fourth-order valence-electron chi connectivity index (χ4n) is 9.09. The highest BCUT2D eigenvalue weighted by Gasteiger charge is 2.45. The number of hydrogen-bond acceptors (Lipinski definition) is 7. The van der Waals surface area contributed by atoms with Crippen LogP contribution in [0.4, 0.5) is 11.4 Å². The van der Waals surface area contributed by atoms with Crippen molar-refractivity contribution < 1.29 is 29.4 Å². The summed E-state index contributed by atoms with van der Waals surface area (Å²) in [5, 5.41) is 27.0. The number of nitrogens with one attached hydrogen (secondary N) is 2. The van der Waals surface area contributed by atoms with E-state index in [0.29, 0.717) is 5.56 Å². The number of aromatic carboxylic acids is 2. The number of hydrogen-bond donors (Lipinski definition) is 4. The molecule has 0 radical (unpaired) electrons. The molecule has 0 amide bonds. The fraction of sp³-hybridized carbons (Fsp3) is 0.318. The normalized spacial score (nSPS) is 18.8. The van der Waals surface area contributed by atoms with Crippen molar-refractivity contribution in [2.75, 3.05) is 18.0 Å². The van der Waals surface area contributed by atoms with Gasteiger partial charge in [0.1, 0.15) is 5.66 Å². The van der Waals surface area contributed by atoms with Gasteiger partial charge in [-0.2, -0.15) is 0 Å². The molecule has 0 aromatic heterocycles. The van der Waals surface area contributed by atoms with Crippen LogP contribution in [0, 0.1) is 0 Å². The molecule has 2 unspecified atom stereocenters. The molecule has 1 fully saturated rings. The van der Waals surface area contributed by atoms with Crippen molar-refractivity contribution in [1.82, 2.24) is 10.6 Å². The lowest BCUT2D eigenvalue weighted by Crippen LogP contribution is -2.54. The minimum absolute atomic E-state index is 0.0878. The number of ketones is 2. The van der Waals surface area contributed by atoms with E-state index in [0.717, 1.165) is 81.5 Å². The van der Waals surface area contributed by atoms with Crippen molar-refractivity contribution in [2.45, 2.75) is 76.4 Å². The minimum Gasteiger partial charge on any atom is -0.478 e. The van der Waals surface area contributed by atoms with E-state index in [1.165, 1.54) is 27.8 Å². The zero-order valence-electron chi connectivity index (χ0n) is 30.0. The first kappa shape index (κ1) is 34.7. The Bertz CT molecular complexity index is 2170. The lowest BCUT2D eigenvalue weighted by atomic mass is 9.95. The smallest absolute Gasteiger partial charge is 0.336 e. The predicted molar refractivity (Wildman–Crippen MR) is 204 cm³/mol. The van der Waals surface area contributed by atoms with Gasteiger partial charge in [0, 0.05) is 34.5 Å². The van der Waals surface area contributed by atoms with Crippen molar-refractivity contribution in [3.05, 3.63) is 123 Å². The van der Waals surface area contributed by atoms with Gasteiger partial charge in [0.05, 0.1) is 16.7 Å². The number of nitrogens with zero attached hydrogens (tertiary/aromatic N) is 1. The van der Waals surface area contributed by atoms with Crippen LogP contribution >= 0.6 is 0 Å². The molecule has 4 aliphatic rings. The van der Waals surface area contributed by atoms with Crippen LogP contribution in [0.15, 0.2) is 78.4 Å². The van der Waals surface area contributed by atoms with E-state index in [4.69, 9.17) is 0 Å². The van der Waals surface area contributed by atoms with Crippen molar-refractivity contribution in [1.29, 1.82) is 0 Å². The van der Waals surface area contributed by atoms with Crippen LogP contribution in [-0.2, 0) is 5.66 Å². The van der Waals surface area contributed by atoms with Gasteiger partial charge in [-0.3, -0.25) is 20.2 Å². The first-order chi connectivity index (χ1) is 25.7. The molecule has 0 bridgehead atoms.